The van der Waals surface area contributed by atoms with E-state index in [4.69, 9.17) is 0 Å². The summed E-state index contributed by atoms with van der Waals surface area (Å²) in [6, 6.07) is 22.5. The second-order valence-corrected chi connectivity index (χ2v) is 8.39. The lowest BCUT2D eigenvalue weighted by Crippen LogP contribution is -2.15. The fourth-order valence-corrected chi connectivity index (χ4v) is 4.91. The number of halogens is 3. The van der Waals surface area contributed by atoms with Gasteiger partial charge in [0.1, 0.15) is 0 Å². The Balaban J connectivity index is 2.07. The van der Waals surface area contributed by atoms with Crippen molar-refractivity contribution in [2.75, 3.05) is 0 Å². The molecule has 2 nitrogen and oxygen atoms in total. The maximum Gasteiger partial charge on any atom is 0.416 e. The molecule has 0 aliphatic carbocycles. The summed E-state index contributed by atoms with van der Waals surface area (Å²) in [5, 5.41) is 1.14. The zero-order valence-electron chi connectivity index (χ0n) is 14.5. The fourth-order valence-electron chi connectivity index (χ4n) is 2.69. The van der Waals surface area contributed by atoms with Crippen LogP contribution in [-0.4, -0.2) is 5.71 Å². The molecule has 0 spiro atoms. The molecule has 0 bridgehead atoms. The largest absolute Gasteiger partial charge is 0.416 e. The molecule has 0 saturated carbocycles. The molecule has 0 aliphatic heterocycles. The average molecular weight is 387 g/mol. The summed E-state index contributed by atoms with van der Waals surface area (Å²) in [7, 11) is -3.32. The van der Waals surface area contributed by atoms with Crippen molar-refractivity contribution in [2.24, 2.45) is 4.76 Å². The normalized spacial score (nSPS) is 12.8. The Morgan fingerprint density at radius 3 is 1.63 bits per heavy atom. The first-order valence-electron chi connectivity index (χ1n) is 8.26. The topological polar surface area (TPSA) is 29.4 Å². The number of nitrogens with zero attached hydrogens (tertiary/aromatic N) is 1. The third-order valence-electron chi connectivity index (χ3n) is 4.13. The van der Waals surface area contributed by atoms with Gasteiger partial charge in [-0.25, -0.2) is 4.76 Å². The highest BCUT2D eigenvalue weighted by Gasteiger charge is 2.30. The molecule has 0 N–H and O–H groups in total. The van der Waals surface area contributed by atoms with Gasteiger partial charge in [-0.1, -0.05) is 48.5 Å². The van der Waals surface area contributed by atoms with E-state index in [1.807, 2.05) is 12.1 Å². The zero-order chi connectivity index (χ0) is 19.5. The molecule has 0 amide bonds. The SMILES string of the molecule is C/C(=N\P(=O)(c1ccccc1)c1ccccc1)c1ccc(C(F)(F)F)cc1. The van der Waals surface area contributed by atoms with Gasteiger partial charge in [-0.3, -0.25) is 4.57 Å². The van der Waals surface area contributed by atoms with Crippen LogP contribution in [0.1, 0.15) is 18.1 Å². The molecular weight excluding hydrogens is 370 g/mol. The molecule has 0 saturated heterocycles. The van der Waals surface area contributed by atoms with E-state index in [1.165, 1.54) is 12.1 Å². The molecule has 3 rings (SSSR count). The van der Waals surface area contributed by atoms with E-state index in [-0.39, 0.29) is 0 Å². The lowest BCUT2D eigenvalue weighted by atomic mass is 10.1. The van der Waals surface area contributed by atoms with Gasteiger partial charge < -0.3 is 0 Å². The predicted molar refractivity (Wildman–Crippen MR) is 103 cm³/mol. The summed E-state index contributed by atoms with van der Waals surface area (Å²) in [4.78, 5) is 0. The van der Waals surface area contributed by atoms with Crippen molar-refractivity contribution < 1.29 is 17.7 Å². The first kappa shape index (κ1) is 19.1. The maximum absolute atomic E-state index is 13.9. The molecule has 0 aromatic heterocycles. The van der Waals surface area contributed by atoms with Crippen molar-refractivity contribution in [3.8, 4) is 0 Å². The van der Waals surface area contributed by atoms with Gasteiger partial charge in [0.15, 0.2) is 0 Å². The summed E-state index contributed by atoms with van der Waals surface area (Å²) in [6.07, 6.45) is -4.40. The highest BCUT2D eigenvalue weighted by molar-refractivity contribution is 7.77. The minimum absolute atomic E-state index is 0.416. The van der Waals surface area contributed by atoms with Crippen molar-refractivity contribution in [1.29, 1.82) is 0 Å². The second kappa shape index (κ2) is 7.53. The average Bonchev–Trinajstić information content (AvgIpc) is 2.68. The smallest absolute Gasteiger partial charge is 0.288 e. The highest BCUT2D eigenvalue weighted by atomic mass is 31.2. The van der Waals surface area contributed by atoms with Crippen molar-refractivity contribution in [3.05, 3.63) is 96.1 Å². The van der Waals surface area contributed by atoms with Gasteiger partial charge in [-0.2, -0.15) is 13.2 Å². The van der Waals surface area contributed by atoms with E-state index in [1.54, 1.807) is 55.5 Å². The third kappa shape index (κ3) is 4.20. The van der Waals surface area contributed by atoms with E-state index in [9.17, 15) is 17.7 Å². The molecule has 138 valence electrons. The lowest BCUT2D eigenvalue weighted by molar-refractivity contribution is -0.137. The number of rotatable bonds is 4. The van der Waals surface area contributed by atoms with Crippen LogP contribution in [0.4, 0.5) is 13.2 Å². The molecule has 3 aromatic carbocycles. The van der Waals surface area contributed by atoms with Crippen LogP contribution in [0, 0.1) is 0 Å². The standard InChI is InChI=1S/C21H17F3NOP/c1-16(17-12-14-18(15-13-17)21(22,23)24)25-27(26,19-8-4-2-5-9-19)20-10-6-3-7-11-20/h2-15H,1H3/b25-16+. The van der Waals surface area contributed by atoms with Crippen molar-refractivity contribution in [3.63, 3.8) is 0 Å². The molecule has 27 heavy (non-hydrogen) atoms. The van der Waals surface area contributed by atoms with Crippen LogP contribution in [0.2, 0.25) is 0 Å². The summed E-state index contributed by atoms with van der Waals surface area (Å²) < 4.78 is 56.6. The first-order chi connectivity index (χ1) is 12.8. The van der Waals surface area contributed by atoms with Crippen molar-refractivity contribution >= 4 is 23.6 Å². The van der Waals surface area contributed by atoms with Crippen LogP contribution in [0.3, 0.4) is 0 Å². The maximum atomic E-state index is 13.9. The Morgan fingerprint density at radius 2 is 1.22 bits per heavy atom. The Labute approximate surface area is 155 Å². The van der Waals surface area contributed by atoms with E-state index in [0.29, 0.717) is 21.9 Å². The van der Waals surface area contributed by atoms with Crippen LogP contribution in [0.5, 0.6) is 0 Å². The molecule has 3 aromatic rings. The number of benzene rings is 3. The van der Waals surface area contributed by atoms with Crippen molar-refractivity contribution in [2.45, 2.75) is 13.1 Å². The molecule has 0 unspecified atom stereocenters. The first-order valence-corrected chi connectivity index (χ1v) is 9.92. The lowest BCUT2D eigenvalue weighted by Gasteiger charge is -2.16. The third-order valence-corrected chi connectivity index (χ3v) is 6.71. The van der Waals surface area contributed by atoms with Crippen LogP contribution in [0.25, 0.3) is 0 Å². The Bertz CT molecular complexity index is 938. The molecule has 0 atom stereocenters. The van der Waals surface area contributed by atoms with Gasteiger partial charge in [0.2, 0.25) is 7.29 Å². The summed E-state index contributed by atoms with van der Waals surface area (Å²) in [5.74, 6) is 0. The number of hydrogen-bond donors (Lipinski definition) is 0. The van der Waals surface area contributed by atoms with Gasteiger partial charge in [0, 0.05) is 16.3 Å². The number of alkyl halides is 3. The van der Waals surface area contributed by atoms with Gasteiger partial charge in [0.05, 0.1) is 5.56 Å². The Hall–Kier alpha value is -2.65. The van der Waals surface area contributed by atoms with Crippen LogP contribution in [-0.2, 0) is 10.7 Å². The Kier molecular flexibility index (Phi) is 5.33. The molecular formula is C21H17F3NOP. The van der Waals surface area contributed by atoms with E-state index in [0.717, 1.165) is 12.1 Å². The van der Waals surface area contributed by atoms with Crippen LogP contribution in [0.15, 0.2) is 89.7 Å². The summed E-state index contributed by atoms with van der Waals surface area (Å²) >= 11 is 0. The van der Waals surface area contributed by atoms with Gasteiger partial charge in [-0.15, -0.1) is 0 Å². The summed E-state index contributed by atoms with van der Waals surface area (Å²) in [5.41, 5.74) is 0.184. The van der Waals surface area contributed by atoms with E-state index >= 15 is 0 Å². The fraction of sp³-hybridized carbons (Fsp3) is 0.0952. The van der Waals surface area contributed by atoms with Gasteiger partial charge >= 0.3 is 6.18 Å². The van der Waals surface area contributed by atoms with Gasteiger partial charge in [-0.05, 0) is 48.9 Å². The highest BCUT2D eigenvalue weighted by Crippen LogP contribution is 2.45. The molecule has 0 heterocycles. The predicted octanol–water partition coefficient (Wildman–Crippen LogP) is 5.44. The van der Waals surface area contributed by atoms with Crippen LogP contribution < -0.4 is 10.6 Å². The molecule has 0 fully saturated rings. The zero-order valence-corrected chi connectivity index (χ0v) is 15.4. The minimum atomic E-state index is -4.40. The molecule has 0 aliphatic rings. The monoisotopic (exact) mass is 387 g/mol. The minimum Gasteiger partial charge on any atom is -0.288 e. The second-order valence-electron chi connectivity index (χ2n) is 6.01. The van der Waals surface area contributed by atoms with Gasteiger partial charge in [0.25, 0.3) is 0 Å². The van der Waals surface area contributed by atoms with Crippen molar-refractivity contribution in [1.82, 2.24) is 0 Å². The molecule has 6 heteroatoms. The van der Waals surface area contributed by atoms with Crippen LogP contribution >= 0.6 is 7.29 Å². The summed E-state index contributed by atoms with van der Waals surface area (Å²) in [6.45, 7) is 1.65. The quantitative estimate of drug-likeness (QED) is 0.433. The van der Waals surface area contributed by atoms with E-state index in [2.05, 4.69) is 4.76 Å². The Morgan fingerprint density at radius 1 is 0.778 bits per heavy atom. The number of hydrogen-bond acceptors (Lipinski definition) is 1. The molecule has 0 radical (unpaired) electrons. The van der Waals surface area contributed by atoms with E-state index < -0.39 is 19.0 Å².